The predicted octanol–water partition coefficient (Wildman–Crippen LogP) is 1.28. The summed E-state index contributed by atoms with van der Waals surface area (Å²) in [5.74, 6) is 1.43. The van der Waals surface area contributed by atoms with Crippen molar-refractivity contribution in [3.63, 3.8) is 0 Å². The maximum atomic E-state index is 12.7. The number of aliphatic hydroxyl groups is 1. The van der Waals surface area contributed by atoms with Crippen molar-refractivity contribution in [2.45, 2.75) is 67.2 Å². The second kappa shape index (κ2) is 3.60. The van der Waals surface area contributed by atoms with Crippen LogP contribution in [-0.2, 0) is 16.6 Å². The van der Waals surface area contributed by atoms with Crippen LogP contribution < -0.4 is 4.74 Å². The molecular weight excluding hydrogens is 318 g/mol. The smallest absolute Gasteiger partial charge is 0.174 e. The first-order valence-corrected chi connectivity index (χ1v) is 9.55. The van der Waals surface area contributed by atoms with E-state index in [1.54, 1.807) is 6.07 Å². The highest BCUT2D eigenvalue weighted by Gasteiger charge is 2.88. The molecule has 1 saturated heterocycles. The first-order valence-electron chi connectivity index (χ1n) is 9.55. The number of rotatable bonds is 2. The molecule has 0 amide bonds. The van der Waals surface area contributed by atoms with E-state index >= 15 is 0 Å². The van der Waals surface area contributed by atoms with Gasteiger partial charge < -0.3 is 14.9 Å². The quantitative estimate of drug-likeness (QED) is 0.795. The predicted molar refractivity (Wildman–Crippen MR) is 87.7 cm³/mol. The molecule has 4 aliphatic carbocycles. The summed E-state index contributed by atoms with van der Waals surface area (Å²) in [5.41, 5.74) is 0.543. The van der Waals surface area contributed by atoms with Crippen LogP contribution in [0.2, 0.25) is 0 Å². The lowest BCUT2D eigenvalue weighted by Crippen LogP contribution is -2.65. The highest BCUT2D eigenvalue weighted by Crippen LogP contribution is 2.76. The van der Waals surface area contributed by atoms with Gasteiger partial charge in [-0.25, -0.2) is 0 Å². The number of Topliss-reactive ketones (excluding diaryl/α,β-unsaturated/α-hetero) is 1. The Hall–Kier alpha value is -1.59. The van der Waals surface area contributed by atoms with Crippen molar-refractivity contribution >= 4 is 5.78 Å². The van der Waals surface area contributed by atoms with Crippen LogP contribution in [-0.4, -0.2) is 50.7 Å². The molecular formula is C20H21NO4. The molecule has 0 aromatic heterocycles. The zero-order valence-corrected chi connectivity index (χ0v) is 14.0. The molecule has 2 N–H and O–H groups in total. The maximum Gasteiger partial charge on any atom is 0.174 e. The van der Waals surface area contributed by atoms with Crippen LogP contribution in [0.1, 0.15) is 43.2 Å². The summed E-state index contributed by atoms with van der Waals surface area (Å²) in [6.07, 6.45) is 4.59. The van der Waals surface area contributed by atoms with Crippen molar-refractivity contribution in [1.82, 2.24) is 4.90 Å². The fourth-order valence-corrected chi connectivity index (χ4v) is 7.16. The van der Waals surface area contributed by atoms with Gasteiger partial charge in [-0.1, -0.05) is 6.07 Å². The highest BCUT2D eigenvalue weighted by molar-refractivity contribution is 5.90. The molecule has 5 nitrogen and oxygen atoms in total. The zero-order chi connectivity index (χ0) is 16.8. The van der Waals surface area contributed by atoms with E-state index < -0.39 is 17.1 Å². The van der Waals surface area contributed by atoms with Gasteiger partial charge in [-0.2, -0.15) is 0 Å². The van der Waals surface area contributed by atoms with Gasteiger partial charge in [-0.15, -0.1) is 0 Å². The summed E-state index contributed by atoms with van der Waals surface area (Å²) < 4.78 is 6.05. The van der Waals surface area contributed by atoms with Gasteiger partial charge >= 0.3 is 0 Å². The molecule has 2 heterocycles. The Labute approximate surface area is 145 Å². The standard InChI is InChI=1S/C20H21NO4/c22-12-4-3-11-7-18-9-19-14(11)15(12)25-16(19)13(23)5-6-20(19,24)17(18)21(18)8-10-1-2-10/h3-4,10,16-17,22,24H,1-2,5-9H2/t16-,17+,18?,19-,20+,21?/m0/s1. The molecule has 7 rings (SSSR count). The average molecular weight is 339 g/mol. The van der Waals surface area contributed by atoms with Crippen molar-refractivity contribution in [3.05, 3.63) is 23.3 Å². The number of aromatic hydroxyl groups is 1. The van der Waals surface area contributed by atoms with Crippen molar-refractivity contribution < 1.29 is 19.7 Å². The van der Waals surface area contributed by atoms with E-state index in [0.29, 0.717) is 18.6 Å². The molecule has 1 aromatic rings. The fraction of sp³-hybridized carbons (Fsp3) is 0.650. The molecule has 0 radical (unpaired) electrons. The third-order valence-corrected chi connectivity index (χ3v) is 8.18. The minimum atomic E-state index is -0.912. The lowest BCUT2D eigenvalue weighted by Gasteiger charge is -2.50. The first kappa shape index (κ1) is 13.6. The lowest BCUT2D eigenvalue weighted by molar-refractivity contribution is -0.149. The molecule has 1 aromatic carbocycles. The summed E-state index contributed by atoms with van der Waals surface area (Å²) in [6.45, 7) is 1.09. The number of nitrogens with zero attached hydrogens (tertiary/aromatic N) is 1. The minimum absolute atomic E-state index is 0.00481. The van der Waals surface area contributed by atoms with Gasteiger partial charge in [0.05, 0.1) is 17.1 Å². The van der Waals surface area contributed by atoms with Gasteiger partial charge in [-0.3, -0.25) is 9.69 Å². The van der Waals surface area contributed by atoms with Crippen LogP contribution in [0, 0.1) is 5.92 Å². The molecule has 2 spiro atoms. The molecule has 6 aliphatic rings. The normalized spacial score (nSPS) is 50.3. The third-order valence-electron chi connectivity index (χ3n) is 8.18. The van der Waals surface area contributed by atoms with Crippen LogP contribution in [0.15, 0.2) is 12.1 Å². The molecule has 25 heavy (non-hydrogen) atoms. The van der Waals surface area contributed by atoms with Crippen LogP contribution in [0.3, 0.4) is 0 Å². The second-order valence-corrected chi connectivity index (χ2v) is 9.26. The number of piperidine rings is 1. The van der Waals surface area contributed by atoms with Gasteiger partial charge in [0, 0.05) is 24.1 Å². The largest absolute Gasteiger partial charge is 0.504 e. The second-order valence-electron chi connectivity index (χ2n) is 9.26. The SMILES string of the molecule is O=C1CC[C@@]2(O)[C@@H]3N(CC4CC4)C34Cc3ccc(O)c5c3[C@@]2(C4)[C@H]1O5. The molecule has 5 heteroatoms. The Balaban J connectivity index is 1.49. The van der Waals surface area contributed by atoms with Crippen molar-refractivity contribution in [2.24, 2.45) is 5.92 Å². The summed E-state index contributed by atoms with van der Waals surface area (Å²) in [6, 6.07) is 3.81. The van der Waals surface area contributed by atoms with Gasteiger partial charge in [0.2, 0.25) is 0 Å². The molecule has 6 atom stereocenters. The summed E-state index contributed by atoms with van der Waals surface area (Å²) >= 11 is 0. The first-order chi connectivity index (χ1) is 12.0. The van der Waals surface area contributed by atoms with Crippen molar-refractivity contribution in [2.75, 3.05) is 6.54 Å². The molecule has 2 unspecified atom stereocenters. The maximum absolute atomic E-state index is 12.7. The number of hydrogen-bond acceptors (Lipinski definition) is 5. The molecule has 2 bridgehead atoms. The molecule has 2 aliphatic heterocycles. The number of phenols is 1. The van der Waals surface area contributed by atoms with Crippen molar-refractivity contribution in [3.8, 4) is 11.5 Å². The topological polar surface area (TPSA) is 69.8 Å². The summed E-state index contributed by atoms with van der Waals surface area (Å²) in [5, 5.41) is 22.3. The molecule has 4 fully saturated rings. The monoisotopic (exact) mass is 339 g/mol. The van der Waals surface area contributed by atoms with Crippen LogP contribution in [0.4, 0.5) is 0 Å². The van der Waals surface area contributed by atoms with Gasteiger partial charge in [-0.05, 0) is 49.7 Å². The van der Waals surface area contributed by atoms with Crippen LogP contribution >= 0.6 is 0 Å². The van der Waals surface area contributed by atoms with E-state index in [1.165, 1.54) is 12.8 Å². The number of ether oxygens (including phenoxy) is 1. The summed E-state index contributed by atoms with van der Waals surface area (Å²) in [4.78, 5) is 15.3. The number of benzene rings is 1. The Morgan fingerprint density at radius 1 is 1.32 bits per heavy atom. The highest BCUT2D eigenvalue weighted by atomic mass is 16.5. The number of fused-ring (bicyclic) bond motifs is 1. The van der Waals surface area contributed by atoms with E-state index in [1.807, 2.05) is 6.07 Å². The number of carbonyl (C=O) groups is 1. The van der Waals surface area contributed by atoms with Crippen molar-refractivity contribution in [1.29, 1.82) is 0 Å². The van der Waals surface area contributed by atoms with Gasteiger partial charge in [0.25, 0.3) is 0 Å². The Kier molecular flexibility index (Phi) is 1.96. The Bertz CT molecular complexity index is 879. The molecule has 130 valence electrons. The van der Waals surface area contributed by atoms with E-state index in [-0.39, 0.29) is 23.1 Å². The lowest BCUT2D eigenvalue weighted by atomic mass is 9.57. The zero-order valence-electron chi connectivity index (χ0n) is 14.0. The van der Waals surface area contributed by atoms with E-state index in [4.69, 9.17) is 4.74 Å². The fourth-order valence-electron chi connectivity index (χ4n) is 7.16. The number of phenolic OH excluding ortho intramolecular Hbond substituents is 1. The minimum Gasteiger partial charge on any atom is -0.504 e. The van der Waals surface area contributed by atoms with Gasteiger partial charge in [0.1, 0.15) is 0 Å². The molecule has 3 saturated carbocycles. The van der Waals surface area contributed by atoms with E-state index in [0.717, 1.165) is 36.4 Å². The van der Waals surface area contributed by atoms with E-state index in [2.05, 4.69) is 4.90 Å². The Morgan fingerprint density at radius 3 is 2.96 bits per heavy atom. The average Bonchev–Trinajstić information content (AvgIpc) is 3.45. The number of carbonyl (C=O) groups excluding carboxylic acids is 1. The number of hydrogen-bond donors (Lipinski definition) is 2. The number of ketones is 1. The van der Waals surface area contributed by atoms with Crippen LogP contribution in [0.5, 0.6) is 11.5 Å². The van der Waals surface area contributed by atoms with E-state index in [9.17, 15) is 15.0 Å². The van der Waals surface area contributed by atoms with Gasteiger partial charge in [0.15, 0.2) is 23.4 Å². The Morgan fingerprint density at radius 2 is 2.16 bits per heavy atom. The summed E-state index contributed by atoms with van der Waals surface area (Å²) in [7, 11) is 0. The number of likely N-dealkylation sites (tertiary alicyclic amines) is 1. The third kappa shape index (κ3) is 1.19. The van der Waals surface area contributed by atoms with Crippen LogP contribution in [0.25, 0.3) is 0 Å².